The SMILES string of the molecule is CO[C@H]([C@H](C)CCO)[C@@H](C)C(=O)CC[C@H](C)[C@H](O)[C@H](C)[C@H]1OC(=O)/C=C/C(C)=C/C[C@H](O[Si](C)(C)C(C)(C)C)C[C@@H]2C=CC[C@@H](C[C@H](OC)[C@@H](C)[C@@H](OC)C[C@@H](OC)[C@@H]1C)O2. The van der Waals surface area contributed by atoms with Gasteiger partial charge < -0.3 is 43.1 Å². The molecule has 0 saturated heterocycles. The first-order chi connectivity index (χ1) is 28.5. The lowest BCUT2D eigenvalue weighted by Crippen LogP contribution is -2.46. The fourth-order valence-electron chi connectivity index (χ4n) is 8.99. The van der Waals surface area contributed by atoms with Crippen LogP contribution in [0, 0.1) is 35.5 Å². The van der Waals surface area contributed by atoms with E-state index in [2.05, 4.69) is 59.0 Å². The summed E-state index contributed by atoms with van der Waals surface area (Å²) in [7, 11) is 4.58. The maximum atomic E-state index is 13.8. The Balaban J connectivity index is 2.50. The van der Waals surface area contributed by atoms with Crippen molar-refractivity contribution in [3.05, 3.63) is 36.0 Å². The molecule has 0 unspecified atom stereocenters. The summed E-state index contributed by atoms with van der Waals surface area (Å²) in [4.78, 5) is 27.1. The molecule has 0 saturated carbocycles. The van der Waals surface area contributed by atoms with Crippen molar-refractivity contribution in [3.8, 4) is 0 Å². The van der Waals surface area contributed by atoms with Crippen molar-refractivity contribution in [1.82, 2.24) is 0 Å². The molecule has 2 aliphatic heterocycles. The van der Waals surface area contributed by atoms with E-state index < -0.39 is 38.5 Å². The number of Topliss-reactive ketones (excluding diaryl/α,β-unsaturated/α-hetero) is 1. The summed E-state index contributed by atoms with van der Waals surface area (Å²) >= 11 is 0. The monoisotopic (exact) mass is 881 g/mol. The van der Waals surface area contributed by atoms with Crippen LogP contribution in [0.4, 0.5) is 0 Å². The second-order valence-electron chi connectivity index (χ2n) is 19.9. The molecule has 0 aromatic rings. The second kappa shape index (κ2) is 26.3. The Morgan fingerprint density at radius 3 is 2.07 bits per heavy atom. The minimum atomic E-state index is -2.13. The number of ether oxygens (including phenoxy) is 6. The summed E-state index contributed by atoms with van der Waals surface area (Å²) in [6, 6.07) is 0. The minimum Gasteiger partial charge on any atom is -0.458 e. The predicted molar refractivity (Wildman–Crippen MR) is 246 cm³/mol. The lowest BCUT2D eigenvalue weighted by atomic mass is 9.78. The molecule has 2 heterocycles. The van der Waals surface area contributed by atoms with Crippen molar-refractivity contribution in [3.63, 3.8) is 0 Å². The fraction of sp³-hybridized carbons (Fsp3) is 0.837. The Morgan fingerprint density at radius 2 is 1.49 bits per heavy atom. The van der Waals surface area contributed by atoms with Gasteiger partial charge in [-0.15, -0.1) is 0 Å². The zero-order valence-corrected chi connectivity index (χ0v) is 42.0. The number of aliphatic hydroxyl groups excluding tert-OH is 2. The number of carbonyl (C=O) groups is 2. The van der Waals surface area contributed by atoms with Crippen LogP contribution >= 0.6 is 0 Å². The topological polar surface area (TPSA) is 139 Å². The van der Waals surface area contributed by atoms with Gasteiger partial charge in [0.1, 0.15) is 11.9 Å². The molecule has 0 fully saturated rings. The second-order valence-corrected chi connectivity index (χ2v) is 24.7. The molecule has 61 heavy (non-hydrogen) atoms. The lowest BCUT2D eigenvalue weighted by Gasteiger charge is -2.40. The lowest BCUT2D eigenvalue weighted by molar-refractivity contribution is -0.159. The van der Waals surface area contributed by atoms with Crippen LogP contribution in [-0.4, -0.2) is 120 Å². The van der Waals surface area contributed by atoms with Crippen molar-refractivity contribution in [1.29, 1.82) is 0 Å². The Hall–Kier alpha value is -1.74. The molecule has 15 atom stereocenters. The van der Waals surface area contributed by atoms with Gasteiger partial charge in [0.25, 0.3) is 0 Å². The van der Waals surface area contributed by atoms with Gasteiger partial charge in [0.2, 0.25) is 0 Å². The molecule has 11 nitrogen and oxygen atoms in total. The number of fused-ring (bicyclic) bond motifs is 2. The van der Waals surface area contributed by atoms with E-state index in [-0.39, 0.29) is 90.1 Å². The number of aliphatic hydroxyl groups is 2. The number of hydrogen-bond donors (Lipinski definition) is 2. The average molecular weight is 881 g/mol. The van der Waals surface area contributed by atoms with E-state index in [4.69, 9.17) is 32.8 Å². The third kappa shape index (κ3) is 17.0. The van der Waals surface area contributed by atoms with E-state index in [1.54, 1.807) is 34.5 Å². The summed E-state index contributed by atoms with van der Waals surface area (Å²) in [5.74, 6) is -1.94. The van der Waals surface area contributed by atoms with E-state index in [0.29, 0.717) is 38.5 Å². The first-order valence-electron chi connectivity index (χ1n) is 23.0. The third-order valence-corrected chi connectivity index (χ3v) is 18.9. The van der Waals surface area contributed by atoms with Gasteiger partial charge in [-0.1, -0.05) is 92.2 Å². The summed E-state index contributed by atoms with van der Waals surface area (Å²) in [5, 5.41) is 21.4. The highest BCUT2D eigenvalue weighted by Gasteiger charge is 2.42. The number of rotatable bonds is 17. The molecular weight excluding hydrogens is 793 g/mol. The van der Waals surface area contributed by atoms with Crippen molar-refractivity contribution in [2.24, 2.45) is 35.5 Å². The van der Waals surface area contributed by atoms with Gasteiger partial charge in [0.15, 0.2) is 8.32 Å². The van der Waals surface area contributed by atoms with Crippen LogP contribution in [0.25, 0.3) is 0 Å². The van der Waals surface area contributed by atoms with Gasteiger partial charge in [-0.2, -0.15) is 0 Å². The predicted octanol–water partition coefficient (Wildman–Crippen LogP) is 9.05. The molecule has 2 aliphatic rings. The Morgan fingerprint density at radius 1 is 0.885 bits per heavy atom. The zero-order chi connectivity index (χ0) is 46.2. The third-order valence-electron chi connectivity index (χ3n) is 14.4. The van der Waals surface area contributed by atoms with Crippen LogP contribution in [-0.2, 0) is 42.4 Å². The molecule has 2 rings (SSSR count). The highest BCUT2D eigenvalue weighted by Crippen LogP contribution is 2.39. The number of methoxy groups -OCH3 is 4. The number of allylic oxidation sites excluding steroid dienone is 2. The summed E-state index contributed by atoms with van der Waals surface area (Å²) in [6.07, 6.45) is 11.5. The van der Waals surface area contributed by atoms with Crippen molar-refractivity contribution >= 4 is 20.1 Å². The quantitative estimate of drug-likeness (QED) is 0.0822. The minimum absolute atomic E-state index is 0.0206. The van der Waals surface area contributed by atoms with E-state index in [0.717, 1.165) is 12.0 Å². The molecule has 0 spiro atoms. The van der Waals surface area contributed by atoms with Crippen LogP contribution in [0.2, 0.25) is 18.1 Å². The molecule has 2 bridgehead atoms. The fourth-order valence-corrected chi connectivity index (χ4v) is 10.4. The summed E-state index contributed by atoms with van der Waals surface area (Å²) in [5.41, 5.74) is 0.912. The maximum absolute atomic E-state index is 13.8. The largest absolute Gasteiger partial charge is 0.458 e. The molecule has 2 N–H and O–H groups in total. The molecule has 354 valence electrons. The van der Waals surface area contributed by atoms with E-state index >= 15 is 0 Å². The first kappa shape index (κ1) is 55.4. The molecule has 0 aromatic carbocycles. The van der Waals surface area contributed by atoms with Crippen molar-refractivity contribution < 1.29 is 52.6 Å². The van der Waals surface area contributed by atoms with Crippen LogP contribution in [0.1, 0.15) is 121 Å². The van der Waals surface area contributed by atoms with E-state index in [1.165, 1.54) is 6.08 Å². The normalized spacial score (nSPS) is 32.3. The molecule has 0 amide bonds. The molecular formula is C49H88O11Si. The van der Waals surface area contributed by atoms with Gasteiger partial charge >= 0.3 is 5.97 Å². The molecule has 12 heteroatoms. The first-order valence-corrected chi connectivity index (χ1v) is 25.9. The van der Waals surface area contributed by atoms with Gasteiger partial charge in [-0.3, -0.25) is 4.79 Å². The Bertz CT molecular complexity index is 1390. The number of hydrogen-bond acceptors (Lipinski definition) is 11. The maximum Gasteiger partial charge on any atom is 0.331 e. The molecule has 0 aromatic heterocycles. The average Bonchev–Trinajstić information content (AvgIpc) is 3.21. The zero-order valence-electron chi connectivity index (χ0n) is 41.0. The molecule has 0 radical (unpaired) electrons. The molecule has 0 aliphatic carbocycles. The highest BCUT2D eigenvalue weighted by molar-refractivity contribution is 6.74. The number of ketones is 1. The van der Waals surface area contributed by atoms with Crippen molar-refractivity contribution in [2.45, 2.75) is 194 Å². The van der Waals surface area contributed by atoms with Crippen LogP contribution in [0.15, 0.2) is 36.0 Å². The smallest absolute Gasteiger partial charge is 0.331 e. The summed E-state index contributed by atoms with van der Waals surface area (Å²) in [6.45, 7) is 25.1. The number of esters is 1. The van der Waals surface area contributed by atoms with Crippen LogP contribution < -0.4 is 0 Å². The number of carbonyl (C=O) groups excluding carboxylic acids is 2. The van der Waals surface area contributed by atoms with Gasteiger partial charge in [0.05, 0.1) is 48.8 Å². The highest BCUT2D eigenvalue weighted by atomic mass is 28.4. The van der Waals surface area contributed by atoms with E-state index in [9.17, 15) is 19.8 Å². The van der Waals surface area contributed by atoms with E-state index in [1.807, 2.05) is 41.5 Å². The van der Waals surface area contributed by atoms with Gasteiger partial charge in [-0.05, 0) is 62.6 Å². The number of cyclic esters (lactones) is 1. The van der Waals surface area contributed by atoms with Gasteiger partial charge in [-0.25, -0.2) is 4.79 Å². The Kier molecular flexibility index (Phi) is 23.9. The standard InChI is InChI=1S/C49H88O11Si/c1-31-20-23-40(60-61(15,16)49(8,9)10)28-38-18-17-19-39(58-38)29-42(54-11)35(5)43(55-12)30-44(56-13)36(6)48(59-45(52)25-21-31)37(7)46(53)32(2)22-24-41(51)34(4)47(57-14)33(3)26-27-50/h17-18,20-21,25,32-40,42-44,46-48,50,53H,19,22-24,26-30H2,1-16H3/b25-21+,31-20+/t32-,33+,34-,35+,36-,37-,38-,39-,40-,42-,43-,44+,46-,47+,48-/m0/s1. The van der Waals surface area contributed by atoms with Crippen LogP contribution in [0.5, 0.6) is 0 Å². The summed E-state index contributed by atoms with van der Waals surface area (Å²) < 4.78 is 44.3. The van der Waals surface area contributed by atoms with Gasteiger partial charge in [0, 0.05) is 90.5 Å². The van der Waals surface area contributed by atoms with Crippen LogP contribution in [0.3, 0.4) is 0 Å². The van der Waals surface area contributed by atoms with Crippen molar-refractivity contribution in [2.75, 3.05) is 35.0 Å². The Labute approximate surface area is 371 Å².